The van der Waals surface area contributed by atoms with E-state index in [1.54, 1.807) is 49.4 Å². The third-order valence-corrected chi connectivity index (χ3v) is 8.70. The van der Waals surface area contributed by atoms with Crippen LogP contribution >= 0.6 is 0 Å². The molecule has 0 radical (unpaired) electrons. The molecule has 1 aliphatic rings. The Labute approximate surface area is 160 Å². The highest BCUT2D eigenvalue weighted by Crippen LogP contribution is 2.33. The summed E-state index contributed by atoms with van der Waals surface area (Å²) in [5.41, 5.74) is 0.700. The molecule has 1 aliphatic heterocycles. The lowest BCUT2D eigenvalue weighted by Crippen LogP contribution is -2.33. The van der Waals surface area contributed by atoms with E-state index in [-0.39, 0.29) is 35.9 Å². The third-order valence-electron chi connectivity index (χ3n) is 4.64. The monoisotopic (exact) mass is 409 g/mol. The van der Waals surface area contributed by atoms with Crippen molar-refractivity contribution in [1.82, 2.24) is 4.31 Å². The molecule has 0 spiro atoms. The van der Waals surface area contributed by atoms with E-state index in [1.165, 1.54) is 10.4 Å². The number of rotatable bonds is 5. The summed E-state index contributed by atoms with van der Waals surface area (Å²) in [4.78, 5) is 0.0717. The summed E-state index contributed by atoms with van der Waals surface area (Å²) >= 11 is 0. The fourth-order valence-corrected chi connectivity index (χ4v) is 6.78. The third kappa shape index (κ3) is 4.17. The lowest BCUT2D eigenvalue weighted by atomic mass is 10.1. The first kappa shape index (κ1) is 19.9. The van der Waals surface area contributed by atoms with E-state index in [9.17, 15) is 16.8 Å². The number of para-hydroxylation sites is 1. The van der Waals surface area contributed by atoms with Crippen molar-refractivity contribution in [3.63, 3.8) is 0 Å². The van der Waals surface area contributed by atoms with Crippen LogP contribution in [0.25, 0.3) is 0 Å². The normalized spacial score (nSPS) is 20.7. The van der Waals surface area contributed by atoms with Gasteiger partial charge in [-0.3, -0.25) is 0 Å². The second kappa shape index (κ2) is 8.00. The zero-order chi connectivity index (χ0) is 19.5. The van der Waals surface area contributed by atoms with Gasteiger partial charge in [-0.15, -0.1) is 0 Å². The van der Waals surface area contributed by atoms with Crippen molar-refractivity contribution in [1.29, 1.82) is 0 Å². The van der Waals surface area contributed by atoms with Crippen molar-refractivity contribution < 1.29 is 21.6 Å². The van der Waals surface area contributed by atoms with Gasteiger partial charge in [-0.1, -0.05) is 42.5 Å². The Morgan fingerprint density at radius 1 is 1.04 bits per heavy atom. The molecule has 0 bridgehead atoms. The standard InChI is InChI=1S/C19H23NO5S2/c1-2-25-17-10-6-7-11-19(17)27(23,24)20-13-12-18(26(21,22)15-14-20)16-8-4-3-5-9-16/h3-11,18H,2,12-15H2,1H3/t18-/m0/s1. The van der Waals surface area contributed by atoms with Gasteiger partial charge < -0.3 is 4.74 Å². The van der Waals surface area contributed by atoms with Crippen molar-refractivity contribution in [3.05, 3.63) is 60.2 Å². The van der Waals surface area contributed by atoms with Crippen LogP contribution < -0.4 is 4.74 Å². The molecule has 1 heterocycles. The number of benzene rings is 2. The van der Waals surface area contributed by atoms with Crippen LogP contribution in [0.3, 0.4) is 0 Å². The van der Waals surface area contributed by atoms with Crippen LogP contribution in [0.2, 0.25) is 0 Å². The molecule has 8 heteroatoms. The molecule has 1 atom stereocenters. The molecule has 146 valence electrons. The van der Waals surface area contributed by atoms with Gasteiger partial charge in [-0.25, -0.2) is 16.8 Å². The van der Waals surface area contributed by atoms with Gasteiger partial charge in [0, 0.05) is 13.1 Å². The quantitative estimate of drug-likeness (QED) is 0.758. The summed E-state index contributed by atoms with van der Waals surface area (Å²) in [5, 5.41) is -0.693. The molecule has 0 amide bonds. The summed E-state index contributed by atoms with van der Waals surface area (Å²) in [6.45, 7) is 2.21. The summed E-state index contributed by atoms with van der Waals surface area (Å²) in [6.07, 6.45) is 0.225. The topological polar surface area (TPSA) is 80.8 Å². The van der Waals surface area contributed by atoms with E-state index >= 15 is 0 Å². The van der Waals surface area contributed by atoms with Crippen molar-refractivity contribution in [2.75, 3.05) is 25.4 Å². The molecule has 0 N–H and O–H groups in total. The maximum atomic E-state index is 13.1. The van der Waals surface area contributed by atoms with E-state index in [2.05, 4.69) is 0 Å². The van der Waals surface area contributed by atoms with Crippen LogP contribution in [0, 0.1) is 0 Å². The maximum absolute atomic E-state index is 13.1. The minimum absolute atomic E-state index is 0.0611. The van der Waals surface area contributed by atoms with Crippen LogP contribution in [0.15, 0.2) is 59.5 Å². The van der Waals surface area contributed by atoms with E-state index in [4.69, 9.17) is 4.74 Å². The minimum Gasteiger partial charge on any atom is -0.492 e. The summed E-state index contributed by atoms with van der Waals surface area (Å²) < 4.78 is 58.5. The molecule has 3 rings (SSSR count). The summed E-state index contributed by atoms with van der Waals surface area (Å²) in [5.74, 6) is 0.0782. The van der Waals surface area contributed by atoms with Gasteiger partial charge in [0.15, 0.2) is 9.84 Å². The number of nitrogens with zero attached hydrogens (tertiary/aromatic N) is 1. The Morgan fingerprint density at radius 3 is 2.41 bits per heavy atom. The van der Waals surface area contributed by atoms with Crippen molar-refractivity contribution >= 4 is 19.9 Å². The minimum atomic E-state index is -3.85. The number of ether oxygens (including phenoxy) is 1. The molecule has 0 aromatic heterocycles. The smallest absolute Gasteiger partial charge is 0.246 e. The highest BCUT2D eigenvalue weighted by molar-refractivity contribution is 7.92. The number of sulfone groups is 1. The molecular formula is C19H23NO5S2. The molecule has 2 aromatic carbocycles. The molecule has 0 saturated carbocycles. The lowest BCUT2D eigenvalue weighted by Gasteiger charge is -2.21. The van der Waals surface area contributed by atoms with Crippen LogP contribution in [0.1, 0.15) is 24.2 Å². The maximum Gasteiger partial charge on any atom is 0.246 e. The fraction of sp³-hybridized carbons (Fsp3) is 0.368. The van der Waals surface area contributed by atoms with E-state index in [0.29, 0.717) is 12.2 Å². The predicted molar refractivity (Wildman–Crippen MR) is 104 cm³/mol. The van der Waals surface area contributed by atoms with Crippen LogP contribution in [0.4, 0.5) is 0 Å². The second-order valence-electron chi connectivity index (χ2n) is 6.34. The molecule has 1 saturated heterocycles. The molecule has 1 fully saturated rings. The fourth-order valence-electron chi connectivity index (χ4n) is 3.28. The van der Waals surface area contributed by atoms with Crippen molar-refractivity contribution in [3.8, 4) is 5.75 Å². The van der Waals surface area contributed by atoms with E-state index < -0.39 is 25.1 Å². The average Bonchev–Trinajstić information content (AvgIpc) is 2.81. The summed E-state index contributed by atoms with van der Waals surface area (Å²) in [6, 6.07) is 15.4. The first-order valence-corrected chi connectivity index (χ1v) is 12.0. The Bertz CT molecular complexity index is 988. The van der Waals surface area contributed by atoms with Crippen molar-refractivity contribution in [2.45, 2.75) is 23.5 Å². The lowest BCUT2D eigenvalue weighted by molar-refractivity contribution is 0.329. The summed E-state index contributed by atoms with van der Waals surface area (Å²) in [7, 11) is -7.30. The van der Waals surface area contributed by atoms with Gasteiger partial charge in [0.25, 0.3) is 0 Å². The number of sulfonamides is 1. The van der Waals surface area contributed by atoms with Gasteiger partial charge in [0.2, 0.25) is 10.0 Å². The van der Waals surface area contributed by atoms with Crippen LogP contribution in [-0.4, -0.2) is 46.6 Å². The second-order valence-corrected chi connectivity index (χ2v) is 10.5. The Balaban J connectivity index is 1.91. The Morgan fingerprint density at radius 2 is 1.70 bits per heavy atom. The van der Waals surface area contributed by atoms with E-state index in [1.807, 2.05) is 6.07 Å². The largest absolute Gasteiger partial charge is 0.492 e. The molecule has 6 nitrogen and oxygen atoms in total. The predicted octanol–water partition coefficient (Wildman–Crippen LogP) is 2.64. The molecular weight excluding hydrogens is 386 g/mol. The Kier molecular flexibility index (Phi) is 5.88. The van der Waals surface area contributed by atoms with Gasteiger partial charge in [-0.2, -0.15) is 4.31 Å². The number of hydrogen-bond donors (Lipinski definition) is 0. The zero-order valence-electron chi connectivity index (χ0n) is 15.1. The van der Waals surface area contributed by atoms with Crippen LogP contribution in [-0.2, 0) is 19.9 Å². The van der Waals surface area contributed by atoms with E-state index in [0.717, 1.165) is 0 Å². The van der Waals surface area contributed by atoms with Gasteiger partial charge in [-0.05, 0) is 31.0 Å². The molecule has 27 heavy (non-hydrogen) atoms. The highest BCUT2D eigenvalue weighted by atomic mass is 32.2. The molecule has 0 aliphatic carbocycles. The van der Waals surface area contributed by atoms with Gasteiger partial charge in [0.1, 0.15) is 10.6 Å². The first-order valence-electron chi connectivity index (χ1n) is 8.85. The number of hydrogen-bond acceptors (Lipinski definition) is 5. The van der Waals surface area contributed by atoms with Gasteiger partial charge >= 0.3 is 0 Å². The first-order chi connectivity index (χ1) is 12.9. The van der Waals surface area contributed by atoms with Crippen LogP contribution in [0.5, 0.6) is 5.75 Å². The molecule has 2 aromatic rings. The SMILES string of the molecule is CCOc1ccccc1S(=O)(=O)N1CC[C@@H](c2ccccc2)S(=O)(=O)CC1. The molecule has 0 unspecified atom stereocenters. The highest BCUT2D eigenvalue weighted by Gasteiger charge is 2.36. The average molecular weight is 410 g/mol. The Hall–Kier alpha value is -1.90. The zero-order valence-corrected chi connectivity index (χ0v) is 16.7. The van der Waals surface area contributed by atoms with Crippen molar-refractivity contribution in [2.24, 2.45) is 0 Å². The van der Waals surface area contributed by atoms with Gasteiger partial charge in [0.05, 0.1) is 17.6 Å².